The standard InChI is InChI=1S/C63H115NO5/c1-3-5-7-9-11-13-15-16-17-27-31-34-37-41-45-49-53-57-63(68)69-58-54-50-46-42-38-35-32-29-26-24-22-20-18-19-21-23-25-28-30-33-36-40-44-48-52-56-62(67)64-60(59-65)61(66)55-51-47-43-39-14-12-10-8-6-4-2/h11,13,16-17,19-22,51,55,60-61,65-66H,3-10,12,14-15,18,23-50,52-54,56-59H2,1-2H3,(H,64,67)/b13-11-,17-16-,21-19-,22-20-,55-51+. The molecule has 0 radical (unpaired) electrons. The molecule has 1 amide bonds. The molecule has 0 rings (SSSR count). The molecule has 2 atom stereocenters. The van der Waals surface area contributed by atoms with E-state index in [1.807, 2.05) is 6.08 Å². The number of hydrogen-bond donors (Lipinski definition) is 3. The van der Waals surface area contributed by atoms with Crippen LogP contribution in [0.1, 0.15) is 303 Å². The van der Waals surface area contributed by atoms with Gasteiger partial charge in [-0.25, -0.2) is 0 Å². The highest BCUT2D eigenvalue weighted by molar-refractivity contribution is 5.76. The summed E-state index contributed by atoms with van der Waals surface area (Å²) < 4.78 is 5.48. The zero-order valence-electron chi connectivity index (χ0n) is 45.8. The molecule has 69 heavy (non-hydrogen) atoms. The lowest BCUT2D eigenvalue weighted by atomic mass is 10.0. The number of carbonyl (C=O) groups is 2. The molecule has 0 aliphatic heterocycles. The molecule has 6 nitrogen and oxygen atoms in total. The van der Waals surface area contributed by atoms with Crippen LogP contribution in [-0.4, -0.2) is 47.4 Å². The maximum atomic E-state index is 12.4. The lowest BCUT2D eigenvalue weighted by molar-refractivity contribution is -0.143. The Hall–Kier alpha value is -2.44. The number of aliphatic hydroxyl groups is 2. The number of amides is 1. The summed E-state index contributed by atoms with van der Waals surface area (Å²) in [6.07, 6.45) is 75.4. The van der Waals surface area contributed by atoms with Gasteiger partial charge in [0.15, 0.2) is 0 Å². The Labute approximate surface area is 428 Å². The van der Waals surface area contributed by atoms with Crippen LogP contribution in [0.2, 0.25) is 0 Å². The van der Waals surface area contributed by atoms with E-state index in [4.69, 9.17) is 4.74 Å². The largest absolute Gasteiger partial charge is 0.466 e. The second kappa shape index (κ2) is 58.1. The average molecular weight is 967 g/mol. The normalized spacial score (nSPS) is 13.0. The van der Waals surface area contributed by atoms with Gasteiger partial charge in [-0.2, -0.15) is 0 Å². The Morgan fingerprint density at radius 2 is 0.725 bits per heavy atom. The molecular weight excluding hydrogens is 851 g/mol. The van der Waals surface area contributed by atoms with Crippen molar-refractivity contribution >= 4 is 11.9 Å². The van der Waals surface area contributed by atoms with Crippen molar-refractivity contribution in [1.29, 1.82) is 0 Å². The summed E-state index contributed by atoms with van der Waals surface area (Å²) in [5.74, 6) is -0.0770. The number of hydrogen-bond acceptors (Lipinski definition) is 5. The van der Waals surface area contributed by atoms with Gasteiger partial charge < -0.3 is 20.3 Å². The minimum atomic E-state index is -0.848. The van der Waals surface area contributed by atoms with Crippen LogP contribution in [0.5, 0.6) is 0 Å². The van der Waals surface area contributed by atoms with Gasteiger partial charge >= 0.3 is 5.97 Å². The van der Waals surface area contributed by atoms with Crippen LogP contribution in [0.4, 0.5) is 0 Å². The van der Waals surface area contributed by atoms with Crippen LogP contribution >= 0.6 is 0 Å². The zero-order chi connectivity index (χ0) is 50.0. The monoisotopic (exact) mass is 966 g/mol. The average Bonchev–Trinajstić information content (AvgIpc) is 3.35. The zero-order valence-corrected chi connectivity index (χ0v) is 45.8. The number of rotatable bonds is 55. The molecule has 0 saturated carbocycles. The minimum Gasteiger partial charge on any atom is -0.466 e. The van der Waals surface area contributed by atoms with E-state index in [1.54, 1.807) is 6.08 Å². The summed E-state index contributed by atoms with van der Waals surface area (Å²) in [5, 5.41) is 23.0. The van der Waals surface area contributed by atoms with E-state index < -0.39 is 12.1 Å². The van der Waals surface area contributed by atoms with Gasteiger partial charge in [0.1, 0.15) is 0 Å². The van der Waals surface area contributed by atoms with Crippen LogP contribution in [0.3, 0.4) is 0 Å². The quantitative estimate of drug-likeness (QED) is 0.0321. The molecule has 2 unspecified atom stereocenters. The van der Waals surface area contributed by atoms with Crippen LogP contribution < -0.4 is 5.32 Å². The van der Waals surface area contributed by atoms with Crippen molar-refractivity contribution in [3.05, 3.63) is 60.8 Å². The maximum absolute atomic E-state index is 12.4. The first-order chi connectivity index (χ1) is 34.0. The van der Waals surface area contributed by atoms with Gasteiger partial charge in [-0.1, -0.05) is 254 Å². The molecule has 0 saturated heterocycles. The van der Waals surface area contributed by atoms with E-state index in [0.717, 1.165) is 57.8 Å². The van der Waals surface area contributed by atoms with Crippen LogP contribution in [0.25, 0.3) is 0 Å². The van der Waals surface area contributed by atoms with Gasteiger partial charge in [0, 0.05) is 12.8 Å². The first kappa shape index (κ1) is 66.6. The fourth-order valence-corrected chi connectivity index (χ4v) is 8.87. The number of allylic oxidation sites excluding steroid dienone is 9. The van der Waals surface area contributed by atoms with E-state index in [2.05, 4.69) is 67.8 Å². The predicted octanol–water partition coefficient (Wildman–Crippen LogP) is 18.7. The molecular formula is C63H115NO5. The molecule has 0 aliphatic rings. The summed E-state index contributed by atoms with van der Waals surface area (Å²) >= 11 is 0. The van der Waals surface area contributed by atoms with Gasteiger partial charge in [-0.15, -0.1) is 0 Å². The first-order valence-electron chi connectivity index (χ1n) is 30.1. The highest BCUT2D eigenvalue weighted by atomic mass is 16.5. The van der Waals surface area contributed by atoms with Crippen molar-refractivity contribution in [1.82, 2.24) is 5.32 Å². The molecule has 402 valence electrons. The second-order valence-electron chi connectivity index (χ2n) is 20.3. The number of esters is 1. The third kappa shape index (κ3) is 54.7. The summed E-state index contributed by atoms with van der Waals surface area (Å²) in [5.41, 5.74) is 0. The van der Waals surface area contributed by atoms with E-state index in [9.17, 15) is 19.8 Å². The molecule has 0 aromatic rings. The minimum absolute atomic E-state index is 0.0000456. The van der Waals surface area contributed by atoms with Crippen LogP contribution in [-0.2, 0) is 14.3 Å². The van der Waals surface area contributed by atoms with Crippen molar-refractivity contribution in [2.24, 2.45) is 0 Å². The molecule has 6 heteroatoms. The summed E-state index contributed by atoms with van der Waals surface area (Å²) in [7, 11) is 0. The van der Waals surface area contributed by atoms with Crippen molar-refractivity contribution in [3.8, 4) is 0 Å². The van der Waals surface area contributed by atoms with Gasteiger partial charge in [0.05, 0.1) is 25.4 Å². The summed E-state index contributed by atoms with van der Waals surface area (Å²) in [6, 6.07) is -0.632. The number of ether oxygens (including phenoxy) is 1. The molecule has 0 aromatic carbocycles. The van der Waals surface area contributed by atoms with Gasteiger partial charge in [-0.05, 0) is 96.3 Å². The first-order valence-corrected chi connectivity index (χ1v) is 30.1. The molecule has 0 aromatic heterocycles. The van der Waals surface area contributed by atoms with Crippen molar-refractivity contribution < 1.29 is 24.5 Å². The lowest BCUT2D eigenvalue weighted by Crippen LogP contribution is -2.45. The summed E-state index contributed by atoms with van der Waals surface area (Å²) in [6.45, 7) is 4.85. The van der Waals surface area contributed by atoms with Crippen molar-refractivity contribution in [3.63, 3.8) is 0 Å². The number of unbranched alkanes of at least 4 members (excludes halogenated alkanes) is 36. The molecule has 0 spiro atoms. The lowest BCUT2D eigenvalue weighted by Gasteiger charge is -2.20. The maximum Gasteiger partial charge on any atom is 0.305 e. The predicted molar refractivity (Wildman–Crippen MR) is 301 cm³/mol. The Bertz CT molecular complexity index is 1210. The van der Waals surface area contributed by atoms with Gasteiger partial charge in [0.25, 0.3) is 0 Å². The third-order valence-electron chi connectivity index (χ3n) is 13.5. The molecule has 3 N–H and O–H groups in total. The van der Waals surface area contributed by atoms with E-state index >= 15 is 0 Å². The third-order valence-corrected chi connectivity index (χ3v) is 13.5. The molecule has 0 aliphatic carbocycles. The Kier molecular flexibility index (Phi) is 56.1. The highest BCUT2D eigenvalue weighted by Crippen LogP contribution is 2.15. The van der Waals surface area contributed by atoms with E-state index in [0.29, 0.717) is 19.4 Å². The number of nitrogens with one attached hydrogen (secondary N) is 1. The van der Waals surface area contributed by atoms with Crippen molar-refractivity contribution in [2.75, 3.05) is 13.2 Å². The van der Waals surface area contributed by atoms with Crippen LogP contribution in [0.15, 0.2) is 60.8 Å². The fourth-order valence-electron chi connectivity index (χ4n) is 8.87. The van der Waals surface area contributed by atoms with E-state index in [1.165, 1.54) is 218 Å². The smallest absolute Gasteiger partial charge is 0.305 e. The topological polar surface area (TPSA) is 95.9 Å². The van der Waals surface area contributed by atoms with Crippen LogP contribution in [0, 0.1) is 0 Å². The Morgan fingerprint density at radius 1 is 0.406 bits per heavy atom. The highest BCUT2D eigenvalue weighted by Gasteiger charge is 2.18. The van der Waals surface area contributed by atoms with Gasteiger partial charge in [-0.3, -0.25) is 9.59 Å². The fraction of sp³-hybridized carbons (Fsp3) is 0.810. The molecule has 0 fully saturated rings. The Balaban J connectivity index is 3.43. The van der Waals surface area contributed by atoms with E-state index in [-0.39, 0.29) is 18.5 Å². The SMILES string of the molecule is CCCCC/C=C\C/C=C\CCCCCCCCCC(=O)OCCCCCCCCCCC/C=C\C/C=C\CCCCCCCCCCCC(=O)NC(CO)C(O)/C=C/CCCCCCCCCC. The summed E-state index contributed by atoms with van der Waals surface area (Å²) in [4.78, 5) is 24.5. The second-order valence-corrected chi connectivity index (χ2v) is 20.3. The van der Waals surface area contributed by atoms with Gasteiger partial charge in [0.2, 0.25) is 5.91 Å². The molecule has 0 bridgehead atoms. The number of carbonyl (C=O) groups excluding carboxylic acids is 2. The van der Waals surface area contributed by atoms with Crippen molar-refractivity contribution in [2.45, 2.75) is 315 Å². The Morgan fingerprint density at radius 3 is 1.13 bits per heavy atom. The number of aliphatic hydroxyl groups excluding tert-OH is 2. The molecule has 0 heterocycles.